The number of guanidine groups is 1. The second-order valence-corrected chi connectivity index (χ2v) is 5.63. The highest BCUT2D eigenvalue weighted by Gasteiger charge is 2.11. The minimum Gasteiger partial charge on any atom is -0.493 e. The highest BCUT2D eigenvalue weighted by molar-refractivity contribution is 14.0. The summed E-state index contributed by atoms with van der Waals surface area (Å²) in [5.41, 5.74) is 3.91. The maximum absolute atomic E-state index is 5.54. The maximum atomic E-state index is 5.54. The zero-order valence-electron chi connectivity index (χ0n) is 13.9. The number of ether oxygens (including phenoxy) is 1. The summed E-state index contributed by atoms with van der Waals surface area (Å²) in [6.45, 7) is 2.44. The fourth-order valence-corrected chi connectivity index (χ4v) is 2.72. The van der Waals surface area contributed by atoms with Crippen LogP contribution in [0, 0.1) is 0 Å². The summed E-state index contributed by atoms with van der Waals surface area (Å²) < 4.78 is 5.54. The van der Waals surface area contributed by atoms with Gasteiger partial charge in [0.2, 0.25) is 0 Å². The van der Waals surface area contributed by atoms with Crippen molar-refractivity contribution in [1.29, 1.82) is 0 Å². The van der Waals surface area contributed by atoms with Gasteiger partial charge >= 0.3 is 0 Å². The van der Waals surface area contributed by atoms with E-state index in [0.29, 0.717) is 0 Å². The first kappa shape index (κ1) is 18.6. The van der Waals surface area contributed by atoms with Gasteiger partial charge in [0, 0.05) is 26.6 Å². The zero-order chi connectivity index (χ0) is 15.9. The summed E-state index contributed by atoms with van der Waals surface area (Å²) in [6, 6.07) is 16.8. The number of nitrogens with zero attached hydrogens (tertiary/aromatic N) is 1. The number of hydrogen-bond donors (Lipinski definition) is 2. The van der Waals surface area contributed by atoms with Crippen LogP contribution in [0.3, 0.4) is 0 Å². The average molecular weight is 437 g/mol. The van der Waals surface area contributed by atoms with Crippen LogP contribution in [0.2, 0.25) is 0 Å². The van der Waals surface area contributed by atoms with Crippen molar-refractivity contribution in [1.82, 2.24) is 10.6 Å². The van der Waals surface area contributed by atoms with Crippen molar-refractivity contribution in [2.45, 2.75) is 19.4 Å². The molecule has 0 bridgehead atoms. The third-order valence-corrected chi connectivity index (χ3v) is 3.99. The Balaban J connectivity index is 0.00000208. The van der Waals surface area contributed by atoms with Crippen molar-refractivity contribution in [3.05, 3.63) is 65.2 Å². The molecule has 3 rings (SSSR count). The van der Waals surface area contributed by atoms with Crippen molar-refractivity contribution in [2.24, 2.45) is 4.99 Å². The molecule has 4 nitrogen and oxygen atoms in total. The van der Waals surface area contributed by atoms with Crippen LogP contribution in [0.1, 0.15) is 16.7 Å². The van der Waals surface area contributed by atoms with Crippen LogP contribution in [0.25, 0.3) is 0 Å². The highest BCUT2D eigenvalue weighted by Crippen LogP contribution is 2.25. The number of nitrogens with one attached hydrogen (secondary N) is 2. The summed E-state index contributed by atoms with van der Waals surface area (Å²) in [4.78, 5) is 4.27. The molecule has 1 aliphatic heterocycles. The lowest BCUT2D eigenvalue weighted by molar-refractivity contribution is 0.357. The van der Waals surface area contributed by atoms with Gasteiger partial charge in [0.25, 0.3) is 0 Å². The fraction of sp³-hybridized carbons (Fsp3) is 0.316. The Bertz CT molecular complexity index is 674. The Hall–Kier alpha value is -1.76. The number of benzene rings is 2. The van der Waals surface area contributed by atoms with Gasteiger partial charge in [-0.3, -0.25) is 4.99 Å². The average Bonchev–Trinajstić information content (AvgIpc) is 3.06. The molecule has 5 heteroatoms. The molecule has 2 aromatic rings. The van der Waals surface area contributed by atoms with Gasteiger partial charge in [-0.2, -0.15) is 0 Å². The summed E-state index contributed by atoms with van der Waals surface area (Å²) in [7, 11) is 1.80. The molecule has 2 N–H and O–H groups in total. The van der Waals surface area contributed by atoms with E-state index in [1.54, 1.807) is 7.05 Å². The van der Waals surface area contributed by atoms with Gasteiger partial charge in [-0.15, -0.1) is 24.0 Å². The third-order valence-electron chi connectivity index (χ3n) is 3.99. The molecule has 0 aliphatic carbocycles. The van der Waals surface area contributed by atoms with Crippen LogP contribution < -0.4 is 15.4 Å². The molecule has 0 atom stereocenters. The number of fused-ring (bicyclic) bond motifs is 1. The summed E-state index contributed by atoms with van der Waals surface area (Å²) >= 11 is 0. The molecule has 0 radical (unpaired) electrons. The molecular weight excluding hydrogens is 413 g/mol. The van der Waals surface area contributed by atoms with Crippen molar-refractivity contribution in [3.8, 4) is 5.75 Å². The largest absolute Gasteiger partial charge is 0.493 e. The van der Waals surface area contributed by atoms with E-state index >= 15 is 0 Å². The van der Waals surface area contributed by atoms with Crippen molar-refractivity contribution < 1.29 is 4.74 Å². The number of rotatable bonds is 5. The molecular formula is C19H24IN3O. The summed E-state index contributed by atoms with van der Waals surface area (Å²) in [5, 5.41) is 6.70. The topological polar surface area (TPSA) is 45.7 Å². The zero-order valence-corrected chi connectivity index (χ0v) is 16.2. The molecule has 128 valence electrons. The molecule has 24 heavy (non-hydrogen) atoms. The molecule has 1 heterocycles. The minimum absolute atomic E-state index is 0. The molecule has 0 unspecified atom stereocenters. The van der Waals surface area contributed by atoms with Gasteiger partial charge in [-0.05, 0) is 29.2 Å². The van der Waals surface area contributed by atoms with Gasteiger partial charge in [0.05, 0.1) is 6.61 Å². The summed E-state index contributed by atoms with van der Waals surface area (Å²) in [5.74, 6) is 1.88. The lowest BCUT2D eigenvalue weighted by Crippen LogP contribution is -2.37. The molecule has 0 saturated heterocycles. The van der Waals surface area contributed by atoms with Crippen LogP contribution in [0.5, 0.6) is 5.75 Å². The fourth-order valence-electron chi connectivity index (χ4n) is 2.72. The van der Waals surface area contributed by atoms with Crippen LogP contribution in [-0.4, -0.2) is 26.2 Å². The van der Waals surface area contributed by atoms with Gasteiger partial charge in [0.15, 0.2) is 5.96 Å². The second kappa shape index (κ2) is 9.52. The standard InChI is InChI=1S/C19H23N3O.HI/c1-20-19(22-14-16-5-3-2-4-6-16)21-11-9-15-7-8-18-17(13-15)10-12-23-18;/h2-8,13H,9-12,14H2,1H3,(H2,20,21,22);1H. The SMILES string of the molecule is CN=C(NCCc1ccc2c(c1)CCO2)NCc1ccccc1.I. The second-order valence-electron chi connectivity index (χ2n) is 5.63. The van der Waals surface area contributed by atoms with E-state index in [1.165, 1.54) is 16.7 Å². The molecule has 0 fully saturated rings. The number of hydrogen-bond acceptors (Lipinski definition) is 2. The summed E-state index contributed by atoms with van der Waals surface area (Å²) in [6.07, 6.45) is 2.00. The van der Waals surface area contributed by atoms with E-state index in [4.69, 9.17) is 4.74 Å². The first-order valence-electron chi connectivity index (χ1n) is 8.08. The third kappa shape index (κ3) is 5.12. The lowest BCUT2D eigenvalue weighted by atomic mass is 10.1. The molecule has 0 saturated carbocycles. The van der Waals surface area contributed by atoms with Crippen molar-refractivity contribution in [3.63, 3.8) is 0 Å². The first-order valence-corrected chi connectivity index (χ1v) is 8.08. The van der Waals surface area contributed by atoms with Crippen LogP contribution in [-0.2, 0) is 19.4 Å². The smallest absolute Gasteiger partial charge is 0.191 e. The quantitative estimate of drug-likeness (QED) is 0.429. The Morgan fingerprint density at radius 2 is 1.92 bits per heavy atom. The Morgan fingerprint density at radius 3 is 2.71 bits per heavy atom. The predicted molar refractivity (Wildman–Crippen MR) is 109 cm³/mol. The number of aliphatic imine (C=N–C) groups is 1. The van der Waals surface area contributed by atoms with Crippen LogP contribution >= 0.6 is 24.0 Å². The van der Waals surface area contributed by atoms with Crippen LogP contribution in [0.4, 0.5) is 0 Å². The van der Waals surface area contributed by atoms with E-state index in [0.717, 1.165) is 44.2 Å². The monoisotopic (exact) mass is 437 g/mol. The van der Waals surface area contributed by atoms with Gasteiger partial charge < -0.3 is 15.4 Å². The van der Waals surface area contributed by atoms with E-state index in [2.05, 4.69) is 46.0 Å². The van der Waals surface area contributed by atoms with Crippen molar-refractivity contribution in [2.75, 3.05) is 20.2 Å². The van der Waals surface area contributed by atoms with Crippen LogP contribution in [0.15, 0.2) is 53.5 Å². The molecule has 1 aliphatic rings. The van der Waals surface area contributed by atoms with E-state index in [1.807, 2.05) is 18.2 Å². The molecule has 0 spiro atoms. The highest BCUT2D eigenvalue weighted by atomic mass is 127. The minimum atomic E-state index is 0. The number of halogens is 1. The Kier molecular flexibility index (Phi) is 7.36. The normalized spacial score (nSPS) is 12.8. The Morgan fingerprint density at radius 1 is 1.08 bits per heavy atom. The predicted octanol–water partition coefficient (Wildman–Crippen LogP) is 3.15. The molecule has 0 amide bonds. The molecule has 2 aromatic carbocycles. The first-order chi connectivity index (χ1) is 11.3. The van der Waals surface area contributed by atoms with Gasteiger partial charge in [-0.1, -0.05) is 42.5 Å². The van der Waals surface area contributed by atoms with Gasteiger partial charge in [-0.25, -0.2) is 0 Å². The van der Waals surface area contributed by atoms with E-state index in [-0.39, 0.29) is 24.0 Å². The van der Waals surface area contributed by atoms with E-state index in [9.17, 15) is 0 Å². The van der Waals surface area contributed by atoms with Gasteiger partial charge in [0.1, 0.15) is 5.75 Å². The van der Waals surface area contributed by atoms with Crippen molar-refractivity contribution >= 4 is 29.9 Å². The maximum Gasteiger partial charge on any atom is 0.191 e. The lowest BCUT2D eigenvalue weighted by Gasteiger charge is -2.12. The Labute approximate surface area is 160 Å². The van der Waals surface area contributed by atoms with E-state index < -0.39 is 0 Å². The molecule has 0 aromatic heterocycles.